The highest BCUT2D eigenvalue weighted by Gasteiger charge is 2.17. The van der Waals surface area contributed by atoms with Gasteiger partial charge in [-0.05, 0) is 61.7 Å². The molecule has 3 rings (SSSR count). The zero-order chi connectivity index (χ0) is 20.3. The predicted molar refractivity (Wildman–Crippen MR) is 109 cm³/mol. The Labute approximate surface area is 164 Å². The van der Waals surface area contributed by atoms with E-state index in [4.69, 9.17) is 9.84 Å². The van der Waals surface area contributed by atoms with Crippen LogP contribution in [-0.2, 0) is 11.2 Å². The lowest BCUT2D eigenvalue weighted by atomic mass is 10.1. The second-order valence-electron chi connectivity index (χ2n) is 6.93. The summed E-state index contributed by atoms with van der Waals surface area (Å²) < 4.78 is 7.55. The fraction of sp³-hybridized carbons (Fsp3) is 0.304. The summed E-state index contributed by atoms with van der Waals surface area (Å²) >= 11 is 0. The van der Waals surface area contributed by atoms with E-state index in [0.717, 1.165) is 35.2 Å². The molecule has 2 aromatic carbocycles. The molecule has 0 aliphatic carbocycles. The van der Waals surface area contributed by atoms with Crippen LogP contribution in [0.3, 0.4) is 0 Å². The molecule has 28 heavy (non-hydrogen) atoms. The van der Waals surface area contributed by atoms with Crippen molar-refractivity contribution in [3.63, 3.8) is 0 Å². The number of carbonyl (C=O) groups is 2. The smallest absolute Gasteiger partial charge is 0.307 e. The van der Waals surface area contributed by atoms with E-state index in [9.17, 15) is 9.59 Å². The Hall–Kier alpha value is -3.08. The summed E-state index contributed by atoms with van der Waals surface area (Å²) in [6.45, 7) is 6.03. The summed E-state index contributed by atoms with van der Waals surface area (Å²) in [5.41, 5.74) is 2.75. The topological polar surface area (TPSA) is 68.5 Å². The molecule has 0 aliphatic rings. The Bertz CT molecular complexity index is 997. The lowest BCUT2D eigenvalue weighted by Crippen LogP contribution is -2.15. The lowest BCUT2D eigenvalue weighted by Gasteiger charge is -2.15. The number of hydrogen-bond donors (Lipinski definition) is 1. The summed E-state index contributed by atoms with van der Waals surface area (Å²) in [4.78, 5) is 24.3. The fourth-order valence-corrected chi connectivity index (χ4v) is 3.46. The van der Waals surface area contributed by atoms with Crippen LogP contribution in [0.1, 0.15) is 48.3 Å². The molecule has 0 bridgehead atoms. The van der Waals surface area contributed by atoms with E-state index in [-0.39, 0.29) is 18.4 Å². The van der Waals surface area contributed by atoms with Crippen LogP contribution < -0.4 is 4.74 Å². The molecule has 0 aliphatic heterocycles. The molecule has 3 aromatic rings. The number of aromatic nitrogens is 1. The highest BCUT2D eigenvalue weighted by Crippen LogP contribution is 2.25. The molecule has 0 unspecified atom stereocenters. The number of ether oxygens (including phenoxy) is 1. The zero-order valence-corrected chi connectivity index (χ0v) is 16.4. The quantitative estimate of drug-likeness (QED) is 0.638. The highest BCUT2D eigenvalue weighted by molar-refractivity contribution is 6.04. The summed E-state index contributed by atoms with van der Waals surface area (Å²) in [7, 11) is 0. The minimum Gasteiger partial charge on any atom is -0.490 e. The first kappa shape index (κ1) is 19.7. The Morgan fingerprint density at radius 2 is 1.75 bits per heavy atom. The van der Waals surface area contributed by atoms with Crippen molar-refractivity contribution >= 4 is 22.8 Å². The Morgan fingerprint density at radius 1 is 1.07 bits per heavy atom. The van der Waals surface area contributed by atoms with Gasteiger partial charge in [0.2, 0.25) is 0 Å². The SMILES string of the molecule is CCC(CC)Oc1ccc(C(=O)n2c(C)cc3c(CC(=O)O)cccc32)cc1. The van der Waals surface area contributed by atoms with Gasteiger partial charge in [-0.2, -0.15) is 0 Å². The van der Waals surface area contributed by atoms with Crippen molar-refractivity contribution in [2.75, 3.05) is 0 Å². The van der Waals surface area contributed by atoms with Gasteiger partial charge in [0.25, 0.3) is 5.91 Å². The molecule has 0 atom stereocenters. The predicted octanol–water partition coefficient (Wildman–Crippen LogP) is 4.83. The molecule has 1 N–H and O–H groups in total. The first-order chi connectivity index (χ1) is 13.4. The number of aliphatic carboxylic acids is 1. The van der Waals surface area contributed by atoms with Gasteiger partial charge < -0.3 is 9.84 Å². The molecule has 1 aromatic heterocycles. The van der Waals surface area contributed by atoms with Crippen molar-refractivity contribution < 1.29 is 19.4 Å². The number of fused-ring (bicyclic) bond motifs is 1. The average molecular weight is 379 g/mol. The van der Waals surface area contributed by atoms with E-state index in [0.29, 0.717) is 11.1 Å². The average Bonchev–Trinajstić information content (AvgIpc) is 3.02. The number of aryl methyl sites for hydroxylation is 1. The number of carboxylic acid groups (broad SMARTS) is 1. The number of nitrogens with zero attached hydrogens (tertiary/aromatic N) is 1. The molecule has 0 amide bonds. The summed E-state index contributed by atoms with van der Waals surface area (Å²) in [6, 6.07) is 14.5. The maximum Gasteiger partial charge on any atom is 0.307 e. The first-order valence-corrected chi connectivity index (χ1v) is 9.57. The van der Waals surface area contributed by atoms with Crippen molar-refractivity contribution in [3.8, 4) is 5.75 Å². The van der Waals surface area contributed by atoms with Gasteiger partial charge in [0.05, 0.1) is 18.0 Å². The van der Waals surface area contributed by atoms with Gasteiger partial charge in [-0.15, -0.1) is 0 Å². The number of hydrogen-bond acceptors (Lipinski definition) is 3. The van der Waals surface area contributed by atoms with E-state index in [1.165, 1.54) is 0 Å². The molecule has 0 saturated carbocycles. The van der Waals surface area contributed by atoms with E-state index < -0.39 is 5.97 Å². The van der Waals surface area contributed by atoms with Gasteiger partial charge in [-0.3, -0.25) is 14.2 Å². The molecule has 146 valence electrons. The van der Waals surface area contributed by atoms with Crippen LogP contribution >= 0.6 is 0 Å². The highest BCUT2D eigenvalue weighted by atomic mass is 16.5. The maximum atomic E-state index is 13.1. The third-order valence-electron chi connectivity index (χ3n) is 4.98. The minimum absolute atomic E-state index is 0.0724. The molecule has 0 radical (unpaired) electrons. The number of carboxylic acids is 1. The molecular weight excluding hydrogens is 354 g/mol. The molecule has 5 heteroatoms. The minimum atomic E-state index is -0.891. The standard InChI is InChI=1S/C23H25NO4/c1-4-18(5-2)28-19-11-9-16(10-12-19)23(27)24-15(3)13-20-17(14-22(25)26)7-6-8-21(20)24/h6-13,18H,4-5,14H2,1-3H3,(H,25,26). The maximum absolute atomic E-state index is 13.1. The summed E-state index contributed by atoms with van der Waals surface area (Å²) in [6.07, 6.45) is 1.97. The first-order valence-electron chi connectivity index (χ1n) is 9.57. The largest absolute Gasteiger partial charge is 0.490 e. The van der Waals surface area contributed by atoms with E-state index in [2.05, 4.69) is 13.8 Å². The van der Waals surface area contributed by atoms with Crippen molar-refractivity contribution in [2.45, 2.75) is 46.1 Å². The van der Waals surface area contributed by atoms with Crippen LogP contribution in [0.4, 0.5) is 0 Å². The van der Waals surface area contributed by atoms with Crippen LogP contribution in [0.25, 0.3) is 10.9 Å². The van der Waals surface area contributed by atoms with Gasteiger partial charge >= 0.3 is 5.97 Å². The Kier molecular flexibility index (Phi) is 5.83. The van der Waals surface area contributed by atoms with Crippen molar-refractivity contribution in [1.82, 2.24) is 4.57 Å². The Morgan fingerprint density at radius 3 is 2.36 bits per heavy atom. The van der Waals surface area contributed by atoms with Crippen LogP contribution in [0.2, 0.25) is 0 Å². The van der Waals surface area contributed by atoms with E-state index >= 15 is 0 Å². The van der Waals surface area contributed by atoms with Gasteiger partial charge in [0.15, 0.2) is 0 Å². The number of benzene rings is 2. The van der Waals surface area contributed by atoms with Crippen LogP contribution in [0.15, 0.2) is 48.5 Å². The summed E-state index contributed by atoms with van der Waals surface area (Å²) in [5, 5.41) is 9.92. The van der Waals surface area contributed by atoms with E-state index in [1.54, 1.807) is 28.8 Å². The van der Waals surface area contributed by atoms with Crippen molar-refractivity contribution in [1.29, 1.82) is 0 Å². The molecule has 0 spiro atoms. The molecule has 0 fully saturated rings. The van der Waals surface area contributed by atoms with Gasteiger partial charge in [-0.25, -0.2) is 0 Å². The number of carbonyl (C=O) groups excluding carboxylic acids is 1. The fourth-order valence-electron chi connectivity index (χ4n) is 3.46. The second-order valence-corrected chi connectivity index (χ2v) is 6.93. The van der Waals surface area contributed by atoms with Crippen LogP contribution in [0.5, 0.6) is 5.75 Å². The van der Waals surface area contributed by atoms with Crippen LogP contribution in [0, 0.1) is 6.92 Å². The van der Waals surface area contributed by atoms with Gasteiger partial charge in [-0.1, -0.05) is 26.0 Å². The zero-order valence-electron chi connectivity index (χ0n) is 16.4. The third-order valence-corrected chi connectivity index (χ3v) is 4.98. The molecule has 1 heterocycles. The summed E-state index contributed by atoms with van der Waals surface area (Å²) in [5.74, 6) is -0.283. The lowest BCUT2D eigenvalue weighted by molar-refractivity contribution is -0.136. The number of rotatable bonds is 7. The van der Waals surface area contributed by atoms with Crippen molar-refractivity contribution in [3.05, 3.63) is 65.4 Å². The monoisotopic (exact) mass is 379 g/mol. The second kappa shape index (κ2) is 8.30. The third kappa shape index (κ3) is 3.93. The molecular formula is C23H25NO4. The van der Waals surface area contributed by atoms with Gasteiger partial charge in [0, 0.05) is 16.6 Å². The van der Waals surface area contributed by atoms with Crippen LogP contribution in [-0.4, -0.2) is 27.7 Å². The Balaban J connectivity index is 1.93. The van der Waals surface area contributed by atoms with Crippen molar-refractivity contribution in [2.24, 2.45) is 0 Å². The molecule has 0 saturated heterocycles. The molecule has 5 nitrogen and oxygen atoms in total. The van der Waals surface area contributed by atoms with E-state index in [1.807, 2.05) is 31.2 Å². The van der Waals surface area contributed by atoms with Gasteiger partial charge in [0.1, 0.15) is 5.75 Å². The normalized spacial score (nSPS) is 11.1.